The van der Waals surface area contributed by atoms with E-state index in [9.17, 15) is 9.59 Å². The Hall–Kier alpha value is -2.82. The third kappa shape index (κ3) is 2.21. The van der Waals surface area contributed by atoms with Crippen LogP contribution in [-0.2, 0) is 0 Å². The second kappa shape index (κ2) is 5.05. The number of rotatable bonds is 2. The summed E-state index contributed by atoms with van der Waals surface area (Å²) in [4.78, 5) is 25.0. The molecule has 0 unspecified atom stereocenters. The van der Waals surface area contributed by atoms with E-state index in [1.54, 1.807) is 29.1 Å². The minimum absolute atomic E-state index is 0.0872. The van der Waals surface area contributed by atoms with E-state index in [4.69, 9.17) is 0 Å². The Balaban J connectivity index is 1.94. The van der Waals surface area contributed by atoms with Gasteiger partial charge in [-0.15, -0.1) is 0 Å². The van der Waals surface area contributed by atoms with Crippen LogP contribution in [0.4, 0.5) is 10.5 Å². The van der Waals surface area contributed by atoms with Crippen molar-refractivity contribution in [3.8, 4) is 5.69 Å². The van der Waals surface area contributed by atoms with Gasteiger partial charge in [0.1, 0.15) is 0 Å². The van der Waals surface area contributed by atoms with Gasteiger partial charge >= 0.3 is 6.03 Å². The number of pyridine rings is 1. The molecule has 1 aromatic carbocycles. The lowest BCUT2D eigenvalue weighted by Crippen LogP contribution is -2.39. The molecular formula is C15H13N3O2. The van der Waals surface area contributed by atoms with Gasteiger partial charge in [-0.1, -0.05) is 6.07 Å². The highest BCUT2D eigenvalue weighted by molar-refractivity contribution is 5.94. The third-order valence-corrected chi connectivity index (χ3v) is 3.07. The first-order valence-corrected chi connectivity index (χ1v) is 6.27. The summed E-state index contributed by atoms with van der Waals surface area (Å²) < 4.78 is 1.55. The van der Waals surface area contributed by atoms with E-state index < -0.39 is 0 Å². The van der Waals surface area contributed by atoms with Crippen molar-refractivity contribution in [1.82, 2.24) is 9.88 Å². The van der Waals surface area contributed by atoms with Gasteiger partial charge in [-0.05, 0) is 36.4 Å². The fourth-order valence-electron chi connectivity index (χ4n) is 2.08. The van der Waals surface area contributed by atoms with Crippen LogP contribution in [0.15, 0.2) is 65.7 Å². The summed E-state index contributed by atoms with van der Waals surface area (Å²) in [6.45, 7) is 0.548. The van der Waals surface area contributed by atoms with Crippen molar-refractivity contribution in [1.29, 1.82) is 0 Å². The molecular weight excluding hydrogens is 254 g/mol. The highest BCUT2D eigenvalue weighted by Crippen LogP contribution is 2.18. The lowest BCUT2D eigenvalue weighted by atomic mass is 10.2. The summed E-state index contributed by atoms with van der Waals surface area (Å²) >= 11 is 0. The van der Waals surface area contributed by atoms with Crippen LogP contribution in [0, 0.1) is 0 Å². The predicted molar refractivity (Wildman–Crippen MR) is 77.1 cm³/mol. The number of amides is 2. The standard InChI is InChI=1S/C15H13N3O2/c19-14-4-1-2-10-17(14)12-5-7-13(8-6-12)18-11-3-9-16-15(18)20/h1-8,10-11H,9H2,(H,16,20). The molecule has 0 atom stereocenters. The molecule has 20 heavy (non-hydrogen) atoms. The summed E-state index contributed by atoms with van der Waals surface area (Å²) in [5.74, 6) is 0. The summed E-state index contributed by atoms with van der Waals surface area (Å²) in [5.41, 5.74) is 1.43. The van der Waals surface area contributed by atoms with Crippen LogP contribution in [0.25, 0.3) is 5.69 Å². The molecule has 1 aliphatic heterocycles. The van der Waals surface area contributed by atoms with Crippen molar-refractivity contribution >= 4 is 11.7 Å². The average Bonchev–Trinajstić information content (AvgIpc) is 2.49. The molecule has 0 fully saturated rings. The first-order valence-electron chi connectivity index (χ1n) is 6.27. The summed E-state index contributed by atoms with van der Waals surface area (Å²) in [7, 11) is 0. The first kappa shape index (κ1) is 12.2. The fourth-order valence-corrected chi connectivity index (χ4v) is 2.08. The molecule has 0 saturated heterocycles. The summed E-state index contributed by atoms with van der Waals surface area (Å²) in [6.07, 6.45) is 5.32. The van der Waals surface area contributed by atoms with Gasteiger partial charge in [0, 0.05) is 30.7 Å². The van der Waals surface area contributed by atoms with Crippen LogP contribution in [0.1, 0.15) is 0 Å². The SMILES string of the molecule is O=C1NCC=CN1c1ccc(-n2ccccc2=O)cc1. The minimum Gasteiger partial charge on any atom is -0.334 e. The number of hydrogen-bond donors (Lipinski definition) is 1. The monoisotopic (exact) mass is 267 g/mol. The number of carbonyl (C=O) groups is 1. The maximum absolute atomic E-state index is 11.7. The Labute approximate surface area is 115 Å². The van der Waals surface area contributed by atoms with Gasteiger partial charge in [0.05, 0.1) is 5.69 Å². The van der Waals surface area contributed by atoms with Gasteiger partial charge in [0.25, 0.3) is 5.56 Å². The molecule has 2 aromatic rings. The minimum atomic E-state index is -0.155. The number of benzene rings is 1. The lowest BCUT2D eigenvalue weighted by molar-refractivity contribution is 0.248. The van der Waals surface area contributed by atoms with Crippen molar-refractivity contribution in [2.75, 3.05) is 11.4 Å². The van der Waals surface area contributed by atoms with Crippen LogP contribution < -0.4 is 15.8 Å². The van der Waals surface area contributed by atoms with E-state index in [1.807, 2.05) is 30.3 Å². The summed E-state index contributed by atoms with van der Waals surface area (Å²) in [6, 6.07) is 12.1. The van der Waals surface area contributed by atoms with Gasteiger partial charge in [-0.2, -0.15) is 0 Å². The number of nitrogens with zero attached hydrogens (tertiary/aromatic N) is 2. The Morgan fingerprint density at radius 2 is 1.70 bits per heavy atom. The number of nitrogens with one attached hydrogen (secondary N) is 1. The van der Waals surface area contributed by atoms with Crippen molar-refractivity contribution in [3.05, 3.63) is 71.3 Å². The Morgan fingerprint density at radius 3 is 2.40 bits per heavy atom. The highest BCUT2D eigenvalue weighted by atomic mass is 16.2. The first-order chi connectivity index (χ1) is 9.75. The van der Waals surface area contributed by atoms with Crippen LogP contribution in [0.5, 0.6) is 0 Å². The predicted octanol–water partition coefficient (Wildman–Crippen LogP) is 1.88. The van der Waals surface area contributed by atoms with Crippen molar-refractivity contribution in [3.63, 3.8) is 0 Å². The van der Waals surface area contributed by atoms with Crippen LogP contribution in [-0.4, -0.2) is 17.1 Å². The molecule has 5 nitrogen and oxygen atoms in total. The quantitative estimate of drug-likeness (QED) is 0.903. The smallest absolute Gasteiger partial charge is 0.326 e. The zero-order valence-corrected chi connectivity index (χ0v) is 10.7. The van der Waals surface area contributed by atoms with Gasteiger partial charge < -0.3 is 5.32 Å². The van der Waals surface area contributed by atoms with E-state index >= 15 is 0 Å². The molecule has 3 rings (SSSR count). The normalized spacial score (nSPS) is 14.2. The lowest BCUT2D eigenvalue weighted by Gasteiger charge is -2.22. The maximum atomic E-state index is 11.7. The van der Waals surface area contributed by atoms with Gasteiger partial charge in [0.2, 0.25) is 0 Å². The van der Waals surface area contributed by atoms with Gasteiger partial charge in [-0.3, -0.25) is 14.3 Å². The number of urea groups is 1. The molecule has 0 bridgehead atoms. The molecule has 2 amide bonds. The topological polar surface area (TPSA) is 54.3 Å². The molecule has 0 spiro atoms. The van der Waals surface area contributed by atoms with E-state index in [1.165, 1.54) is 11.0 Å². The summed E-state index contributed by atoms with van der Waals surface area (Å²) in [5, 5.41) is 2.73. The third-order valence-electron chi connectivity index (χ3n) is 3.07. The molecule has 5 heteroatoms. The van der Waals surface area contributed by atoms with Crippen LogP contribution >= 0.6 is 0 Å². The van der Waals surface area contributed by atoms with Crippen molar-refractivity contribution in [2.24, 2.45) is 0 Å². The second-order valence-electron chi connectivity index (χ2n) is 4.37. The van der Waals surface area contributed by atoms with Gasteiger partial charge in [-0.25, -0.2) is 4.79 Å². The second-order valence-corrected chi connectivity index (χ2v) is 4.37. The zero-order valence-electron chi connectivity index (χ0n) is 10.7. The number of anilines is 1. The number of aromatic nitrogens is 1. The zero-order chi connectivity index (χ0) is 13.9. The highest BCUT2D eigenvalue weighted by Gasteiger charge is 2.14. The van der Waals surface area contributed by atoms with Crippen LogP contribution in [0.3, 0.4) is 0 Å². The molecule has 0 saturated carbocycles. The van der Waals surface area contributed by atoms with E-state index in [-0.39, 0.29) is 11.6 Å². The molecule has 1 aliphatic rings. The van der Waals surface area contributed by atoms with Crippen molar-refractivity contribution < 1.29 is 4.79 Å². The molecule has 0 aliphatic carbocycles. The van der Waals surface area contributed by atoms with Gasteiger partial charge in [0.15, 0.2) is 0 Å². The molecule has 2 heterocycles. The molecule has 0 radical (unpaired) electrons. The van der Waals surface area contributed by atoms with E-state index in [2.05, 4.69) is 5.32 Å². The van der Waals surface area contributed by atoms with Crippen LogP contribution in [0.2, 0.25) is 0 Å². The Kier molecular flexibility index (Phi) is 3.09. The Bertz CT molecular complexity index is 716. The molecule has 1 aromatic heterocycles. The number of carbonyl (C=O) groups excluding carboxylic acids is 1. The van der Waals surface area contributed by atoms with Crippen molar-refractivity contribution in [2.45, 2.75) is 0 Å². The largest absolute Gasteiger partial charge is 0.334 e. The Morgan fingerprint density at radius 1 is 0.950 bits per heavy atom. The average molecular weight is 267 g/mol. The number of hydrogen-bond acceptors (Lipinski definition) is 2. The van der Waals surface area contributed by atoms with E-state index in [0.29, 0.717) is 6.54 Å². The fraction of sp³-hybridized carbons (Fsp3) is 0.0667. The maximum Gasteiger partial charge on any atom is 0.326 e. The molecule has 100 valence electrons. The van der Waals surface area contributed by atoms with E-state index in [0.717, 1.165) is 11.4 Å². The molecule has 1 N–H and O–H groups in total.